The summed E-state index contributed by atoms with van der Waals surface area (Å²) < 4.78 is 40.4. The molecule has 1 aromatic carbocycles. The van der Waals surface area contributed by atoms with Gasteiger partial charge in [-0.05, 0) is 45.2 Å². The smallest absolute Gasteiger partial charge is 0.372 e. The first-order valence-electron chi connectivity index (χ1n) is 9.45. The number of halogens is 3. The molecule has 1 aromatic rings. The minimum absolute atomic E-state index is 0.0677. The second kappa shape index (κ2) is 9.91. The number of aryl methyl sites for hydroxylation is 2. The van der Waals surface area contributed by atoms with Crippen molar-refractivity contribution in [2.45, 2.75) is 39.3 Å². The third-order valence-electron chi connectivity index (χ3n) is 4.58. The van der Waals surface area contributed by atoms with Crippen LogP contribution in [0.25, 0.3) is 0 Å². The number of amides is 2. The number of carbonyl (C=O) groups is 2. The summed E-state index contributed by atoms with van der Waals surface area (Å²) in [7, 11) is 0. The first-order chi connectivity index (χ1) is 13.2. The molecular formula is C20H27F3N2O3. The Morgan fingerprint density at radius 1 is 1.21 bits per heavy atom. The molecule has 1 fully saturated rings. The van der Waals surface area contributed by atoms with E-state index in [0.717, 1.165) is 17.5 Å². The van der Waals surface area contributed by atoms with Crippen LogP contribution in [0, 0.1) is 19.8 Å². The lowest BCUT2D eigenvalue weighted by atomic mass is 9.96. The predicted octanol–water partition coefficient (Wildman–Crippen LogP) is 3.24. The molecule has 1 N–H and O–H groups in total. The Kier molecular flexibility index (Phi) is 7.86. The molecule has 1 aliphatic heterocycles. The number of rotatable bonds is 7. The Balaban J connectivity index is 1.78. The lowest BCUT2D eigenvalue weighted by Crippen LogP contribution is -2.45. The molecule has 1 heterocycles. The van der Waals surface area contributed by atoms with E-state index < -0.39 is 12.8 Å². The summed E-state index contributed by atoms with van der Waals surface area (Å²) in [6.07, 6.45) is -2.60. The van der Waals surface area contributed by atoms with Crippen LogP contribution in [-0.4, -0.2) is 55.7 Å². The van der Waals surface area contributed by atoms with Gasteiger partial charge in [0, 0.05) is 31.8 Å². The minimum Gasteiger partial charge on any atom is -0.372 e. The summed E-state index contributed by atoms with van der Waals surface area (Å²) in [5.41, 5.74) is 2.66. The van der Waals surface area contributed by atoms with Gasteiger partial charge in [0.1, 0.15) is 6.61 Å². The highest BCUT2D eigenvalue weighted by molar-refractivity contribution is 5.95. The van der Waals surface area contributed by atoms with Crippen molar-refractivity contribution in [3.8, 4) is 0 Å². The molecule has 156 valence electrons. The normalized spacial score (nSPS) is 17.5. The number of carbonyl (C=O) groups excluding carboxylic acids is 2. The molecule has 0 radical (unpaired) electrons. The molecule has 0 bridgehead atoms. The van der Waals surface area contributed by atoms with Gasteiger partial charge in [0.05, 0.1) is 5.92 Å². The number of piperidine rings is 1. The molecule has 1 aliphatic rings. The molecule has 2 amide bonds. The lowest BCUT2D eigenvalue weighted by molar-refractivity contribution is -0.174. The van der Waals surface area contributed by atoms with E-state index >= 15 is 0 Å². The third kappa shape index (κ3) is 7.14. The maximum atomic E-state index is 12.8. The fourth-order valence-electron chi connectivity index (χ4n) is 3.37. The van der Waals surface area contributed by atoms with E-state index in [-0.39, 0.29) is 30.9 Å². The van der Waals surface area contributed by atoms with Crippen LogP contribution in [0.4, 0.5) is 13.2 Å². The van der Waals surface area contributed by atoms with Crippen LogP contribution in [0.2, 0.25) is 0 Å². The first kappa shape index (κ1) is 22.2. The number of ether oxygens (including phenoxy) is 1. The van der Waals surface area contributed by atoms with Crippen LogP contribution in [0.1, 0.15) is 40.7 Å². The van der Waals surface area contributed by atoms with Crippen molar-refractivity contribution < 1.29 is 27.5 Å². The predicted molar refractivity (Wildman–Crippen MR) is 99.0 cm³/mol. The van der Waals surface area contributed by atoms with E-state index in [9.17, 15) is 22.8 Å². The highest BCUT2D eigenvalue weighted by Gasteiger charge is 2.29. The zero-order valence-corrected chi connectivity index (χ0v) is 16.3. The van der Waals surface area contributed by atoms with Crippen LogP contribution in [0.3, 0.4) is 0 Å². The summed E-state index contributed by atoms with van der Waals surface area (Å²) in [4.78, 5) is 26.8. The number of nitrogens with zero attached hydrogens (tertiary/aromatic N) is 1. The highest BCUT2D eigenvalue weighted by Crippen LogP contribution is 2.20. The number of hydrogen-bond donors (Lipinski definition) is 1. The van der Waals surface area contributed by atoms with Crippen molar-refractivity contribution in [2.75, 3.05) is 32.8 Å². The van der Waals surface area contributed by atoms with Gasteiger partial charge in [-0.3, -0.25) is 9.59 Å². The fourth-order valence-corrected chi connectivity index (χ4v) is 3.37. The van der Waals surface area contributed by atoms with Crippen molar-refractivity contribution >= 4 is 11.8 Å². The second-order valence-corrected chi connectivity index (χ2v) is 7.28. The van der Waals surface area contributed by atoms with Gasteiger partial charge in [-0.1, -0.05) is 17.2 Å². The summed E-state index contributed by atoms with van der Waals surface area (Å²) >= 11 is 0. The van der Waals surface area contributed by atoms with Crippen molar-refractivity contribution in [1.29, 1.82) is 0 Å². The van der Waals surface area contributed by atoms with Crippen LogP contribution in [0.15, 0.2) is 18.2 Å². The molecule has 1 unspecified atom stereocenters. The van der Waals surface area contributed by atoms with Gasteiger partial charge in [0.2, 0.25) is 5.91 Å². The lowest BCUT2D eigenvalue weighted by Gasteiger charge is -2.32. The molecule has 0 saturated carbocycles. The summed E-state index contributed by atoms with van der Waals surface area (Å²) in [5, 5.41) is 2.73. The van der Waals surface area contributed by atoms with E-state index in [2.05, 4.69) is 10.1 Å². The average Bonchev–Trinajstić information content (AvgIpc) is 2.62. The van der Waals surface area contributed by atoms with Gasteiger partial charge in [-0.25, -0.2) is 0 Å². The quantitative estimate of drug-likeness (QED) is 0.715. The van der Waals surface area contributed by atoms with Gasteiger partial charge >= 0.3 is 6.18 Å². The van der Waals surface area contributed by atoms with Crippen molar-refractivity contribution in [2.24, 2.45) is 5.92 Å². The summed E-state index contributed by atoms with van der Waals surface area (Å²) in [6, 6.07) is 5.70. The van der Waals surface area contributed by atoms with Gasteiger partial charge in [0.25, 0.3) is 5.91 Å². The van der Waals surface area contributed by atoms with Gasteiger partial charge in [-0.15, -0.1) is 0 Å². The van der Waals surface area contributed by atoms with E-state index in [0.29, 0.717) is 31.5 Å². The monoisotopic (exact) mass is 400 g/mol. The summed E-state index contributed by atoms with van der Waals surface area (Å²) in [5.74, 6) is -0.557. The fraction of sp³-hybridized carbons (Fsp3) is 0.600. The number of hydrogen-bond acceptors (Lipinski definition) is 3. The van der Waals surface area contributed by atoms with E-state index in [1.165, 1.54) is 0 Å². The Morgan fingerprint density at radius 3 is 2.54 bits per heavy atom. The molecule has 1 atom stereocenters. The van der Waals surface area contributed by atoms with Crippen LogP contribution >= 0.6 is 0 Å². The maximum Gasteiger partial charge on any atom is 0.411 e. The Morgan fingerprint density at radius 2 is 1.89 bits per heavy atom. The van der Waals surface area contributed by atoms with Crippen molar-refractivity contribution in [1.82, 2.24) is 10.2 Å². The molecule has 8 heteroatoms. The Bertz CT molecular complexity index is 672. The zero-order chi connectivity index (χ0) is 20.7. The van der Waals surface area contributed by atoms with Gasteiger partial charge in [0.15, 0.2) is 0 Å². The van der Waals surface area contributed by atoms with Crippen molar-refractivity contribution in [3.05, 3.63) is 34.9 Å². The van der Waals surface area contributed by atoms with Crippen LogP contribution < -0.4 is 5.32 Å². The molecule has 1 saturated heterocycles. The zero-order valence-electron chi connectivity index (χ0n) is 16.3. The minimum atomic E-state index is -4.34. The molecule has 0 aliphatic carbocycles. The number of alkyl halides is 3. The third-order valence-corrected chi connectivity index (χ3v) is 4.58. The standard InChI is InChI=1S/C20H27F3N2O3/c1-14-9-15(2)11-17(10-14)19(27)25-7-3-5-16(12-25)18(26)24-6-4-8-28-13-20(21,22)23/h9-11,16H,3-8,12-13H2,1-2H3,(H,24,26). The topological polar surface area (TPSA) is 58.6 Å². The van der Waals surface area contributed by atoms with Crippen molar-refractivity contribution in [3.63, 3.8) is 0 Å². The summed E-state index contributed by atoms with van der Waals surface area (Å²) in [6.45, 7) is 3.74. The Labute approximate surface area is 163 Å². The molecule has 0 aromatic heterocycles. The SMILES string of the molecule is Cc1cc(C)cc(C(=O)N2CCCC(C(=O)NCCCOCC(F)(F)F)C2)c1. The van der Waals surface area contributed by atoms with Crippen LogP contribution in [0.5, 0.6) is 0 Å². The van der Waals surface area contributed by atoms with Gasteiger partial charge in [-0.2, -0.15) is 13.2 Å². The van der Waals surface area contributed by atoms with Gasteiger partial charge < -0.3 is 15.0 Å². The number of likely N-dealkylation sites (tertiary alicyclic amines) is 1. The Hall–Kier alpha value is -2.09. The average molecular weight is 400 g/mol. The molecule has 28 heavy (non-hydrogen) atoms. The molecular weight excluding hydrogens is 373 g/mol. The maximum absolute atomic E-state index is 12.8. The van der Waals surface area contributed by atoms with Crippen LogP contribution in [-0.2, 0) is 9.53 Å². The molecule has 0 spiro atoms. The van der Waals surface area contributed by atoms with E-state index in [1.54, 1.807) is 4.90 Å². The number of nitrogens with one attached hydrogen (secondary N) is 1. The number of benzene rings is 1. The first-order valence-corrected chi connectivity index (χ1v) is 9.45. The molecule has 5 nitrogen and oxygen atoms in total. The van der Waals surface area contributed by atoms with E-state index in [4.69, 9.17) is 0 Å². The molecule has 2 rings (SSSR count). The largest absolute Gasteiger partial charge is 0.411 e. The van der Waals surface area contributed by atoms with E-state index in [1.807, 2.05) is 32.0 Å². The highest BCUT2D eigenvalue weighted by atomic mass is 19.4. The second-order valence-electron chi connectivity index (χ2n) is 7.28.